The van der Waals surface area contributed by atoms with E-state index in [1.165, 1.54) is 6.07 Å². The van der Waals surface area contributed by atoms with Gasteiger partial charge in [0.2, 0.25) is 0 Å². The first-order chi connectivity index (χ1) is 7.24. The molecule has 0 radical (unpaired) electrons. The van der Waals surface area contributed by atoms with Gasteiger partial charge in [-0.2, -0.15) is 0 Å². The number of halogens is 2. The molecule has 15 heavy (non-hydrogen) atoms. The van der Waals surface area contributed by atoms with Crippen molar-refractivity contribution in [2.75, 3.05) is 13.2 Å². The summed E-state index contributed by atoms with van der Waals surface area (Å²) >= 11 is 3.21. The molecule has 0 aliphatic heterocycles. The van der Waals surface area contributed by atoms with Gasteiger partial charge in [0, 0.05) is 16.6 Å². The van der Waals surface area contributed by atoms with Crippen LogP contribution in [-0.4, -0.2) is 13.2 Å². The first-order valence-electron chi connectivity index (χ1n) is 4.93. The van der Waals surface area contributed by atoms with Gasteiger partial charge in [0.15, 0.2) is 0 Å². The maximum Gasteiger partial charge on any atom is 0.131 e. The van der Waals surface area contributed by atoms with Gasteiger partial charge in [-0.15, -0.1) is 0 Å². The molecule has 3 heteroatoms. The Bertz CT molecular complexity index is 336. The van der Waals surface area contributed by atoms with E-state index in [9.17, 15) is 4.39 Å². The van der Waals surface area contributed by atoms with Gasteiger partial charge in [0.1, 0.15) is 5.82 Å². The number of hydrogen-bond acceptors (Lipinski definition) is 1. The molecule has 1 rings (SSSR count). The van der Waals surface area contributed by atoms with Gasteiger partial charge in [0.25, 0.3) is 0 Å². The highest BCUT2D eigenvalue weighted by Gasteiger charge is 1.97. The molecule has 0 aliphatic rings. The van der Waals surface area contributed by atoms with Crippen molar-refractivity contribution in [2.45, 2.75) is 13.3 Å². The molecule has 0 amide bonds. The number of hydrogen-bond donors (Lipinski definition) is 0. The highest BCUT2D eigenvalue weighted by atomic mass is 79.9. The van der Waals surface area contributed by atoms with E-state index in [1.807, 2.05) is 12.1 Å². The van der Waals surface area contributed by atoms with Gasteiger partial charge in [-0.1, -0.05) is 41.1 Å². The summed E-state index contributed by atoms with van der Waals surface area (Å²) in [6, 6.07) is 5.00. The van der Waals surface area contributed by atoms with Crippen LogP contribution in [-0.2, 0) is 4.74 Å². The molecule has 0 aliphatic carbocycles. The minimum absolute atomic E-state index is 0.226. The second kappa shape index (κ2) is 6.75. The Labute approximate surface area is 98.1 Å². The molecule has 0 bridgehead atoms. The molecule has 0 spiro atoms. The van der Waals surface area contributed by atoms with Crippen LogP contribution in [0.2, 0.25) is 0 Å². The molecule has 1 aromatic rings. The van der Waals surface area contributed by atoms with Gasteiger partial charge in [-0.25, -0.2) is 4.39 Å². The van der Waals surface area contributed by atoms with Crippen molar-refractivity contribution in [1.29, 1.82) is 0 Å². The van der Waals surface area contributed by atoms with Crippen molar-refractivity contribution in [3.63, 3.8) is 0 Å². The monoisotopic (exact) mass is 272 g/mol. The second-order valence-corrected chi connectivity index (χ2v) is 4.06. The first kappa shape index (κ1) is 12.4. The summed E-state index contributed by atoms with van der Waals surface area (Å²) < 4.78 is 19.3. The third-order valence-electron chi connectivity index (χ3n) is 1.82. The first-order valence-corrected chi connectivity index (χ1v) is 5.72. The van der Waals surface area contributed by atoms with Crippen LogP contribution in [0.15, 0.2) is 28.7 Å². The van der Waals surface area contributed by atoms with Crippen molar-refractivity contribution in [3.8, 4) is 0 Å². The van der Waals surface area contributed by atoms with Crippen molar-refractivity contribution in [1.82, 2.24) is 0 Å². The van der Waals surface area contributed by atoms with Crippen LogP contribution in [0.25, 0.3) is 6.08 Å². The van der Waals surface area contributed by atoms with E-state index in [2.05, 4.69) is 22.9 Å². The van der Waals surface area contributed by atoms with E-state index in [-0.39, 0.29) is 5.82 Å². The van der Waals surface area contributed by atoms with E-state index >= 15 is 0 Å². The molecule has 0 N–H and O–H groups in total. The molecular formula is C12H14BrFO. The molecule has 0 saturated carbocycles. The van der Waals surface area contributed by atoms with Gasteiger partial charge < -0.3 is 4.74 Å². The van der Waals surface area contributed by atoms with Crippen LogP contribution in [0.3, 0.4) is 0 Å². The topological polar surface area (TPSA) is 9.23 Å². The van der Waals surface area contributed by atoms with Crippen LogP contribution >= 0.6 is 15.9 Å². The Hall–Kier alpha value is -0.670. The summed E-state index contributed by atoms with van der Waals surface area (Å²) in [7, 11) is 0. The maximum atomic E-state index is 13.3. The molecule has 0 atom stereocenters. The van der Waals surface area contributed by atoms with Gasteiger partial charge in [0.05, 0.1) is 6.61 Å². The summed E-state index contributed by atoms with van der Waals surface area (Å²) in [6.45, 7) is 3.33. The standard InChI is InChI=1S/C12H14BrFO/c1-2-7-15-8-3-4-10-5-6-11(13)9-12(10)14/h3-6,9H,2,7-8H2,1H3. The van der Waals surface area contributed by atoms with Crippen LogP contribution in [0.4, 0.5) is 4.39 Å². The molecule has 1 aromatic carbocycles. The van der Waals surface area contributed by atoms with Crippen molar-refractivity contribution in [3.05, 3.63) is 40.1 Å². The lowest BCUT2D eigenvalue weighted by Gasteiger charge is -1.98. The third-order valence-corrected chi connectivity index (χ3v) is 2.32. The molecule has 1 nitrogen and oxygen atoms in total. The number of benzene rings is 1. The molecular weight excluding hydrogens is 259 g/mol. The van der Waals surface area contributed by atoms with E-state index in [4.69, 9.17) is 4.74 Å². The van der Waals surface area contributed by atoms with E-state index in [1.54, 1.807) is 12.1 Å². The zero-order valence-corrected chi connectivity index (χ0v) is 10.3. The smallest absolute Gasteiger partial charge is 0.131 e. The lowest BCUT2D eigenvalue weighted by molar-refractivity contribution is 0.163. The van der Waals surface area contributed by atoms with Crippen molar-refractivity contribution < 1.29 is 9.13 Å². The summed E-state index contributed by atoms with van der Waals surface area (Å²) in [5.74, 6) is -0.226. The van der Waals surface area contributed by atoms with Gasteiger partial charge in [-0.3, -0.25) is 0 Å². The largest absolute Gasteiger partial charge is 0.377 e. The third kappa shape index (κ3) is 4.58. The predicted molar refractivity (Wildman–Crippen MR) is 64.2 cm³/mol. The Kier molecular flexibility index (Phi) is 5.58. The molecule has 0 aromatic heterocycles. The van der Waals surface area contributed by atoms with Crippen LogP contribution in [0.1, 0.15) is 18.9 Å². The van der Waals surface area contributed by atoms with Crippen LogP contribution in [0, 0.1) is 5.82 Å². The lowest BCUT2D eigenvalue weighted by atomic mass is 10.2. The number of rotatable bonds is 5. The normalized spacial score (nSPS) is 11.1. The van der Waals surface area contributed by atoms with Crippen molar-refractivity contribution in [2.24, 2.45) is 0 Å². The highest BCUT2D eigenvalue weighted by molar-refractivity contribution is 9.10. The zero-order valence-electron chi connectivity index (χ0n) is 8.67. The van der Waals surface area contributed by atoms with E-state index in [0.717, 1.165) is 17.5 Å². The van der Waals surface area contributed by atoms with Gasteiger partial charge in [-0.05, 0) is 18.6 Å². The van der Waals surface area contributed by atoms with E-state index < -0.39 is 0 Å². The van der Waals surface area contributed by atoms with Crippen molar-refractivity contribution >= 4 is 22.0 Å². The summed E-state index contributed by atoms with van der Waals surface area (Å²) in [5.41, 5.74) is 0.582. The zero-order chi connectivity index (χ0) is 11.1. The predicted octanol–water partition coefficient (Wildman–Crippen LogP) is 4.03. The Morgan fingerprint density at radius 1 is 1.47 bits per heavy atom. The molecule has 0 heterocycles. The average Bonchev–Trinajstić information content (AvgIpc) is 2.20. The fourth-order valence-electron chi connectivity index (χ4n) is 1.11. The highest BCUT2D eigenvalue weighted by Crippen LogP contribution is 2.16. The van der Waals surface area contributed by atoms with Gasteiger partial charge >= 0.3 is 0 Å². The Morgan fingerprint density at radius 2 is 2.27 bits per heavy atom. The minimum atomic E-state index is -0.226. The minimum Gasteiger partial charge on any atom is -0.377 e. The molecule has 0 saturated heterocycles. The quantitative estimate of drug-likeness (QED) is 0.736. The molecule has 0 fully saturated rings. The fourth-order valence-corrected chi connectivity index (χ4v) is 1.44. The summed E-state index contributed by atoms with van der Waals surface area (Å²) in [4.78, 5) is 0. The fraction of sp³-hybridized carbons (Fsp3) is 0.333. The molecule has 0 unspecified atom stereocenters. The molecule has 82 valence electrons. The van der Waals surface area contributed by atoms with Crippen LogP contribution in [0.5, 0.6) is 0 Å². The van der Waals surface area contributed by atoms with Crippen LogP contribution < -0.4 is 0 Å². The Balaban J connectivity index is 2.49. The number of ether oxygens (including phenoxy) is 1. The maximum absolute atomic E-state index is 13.3. The summed E-state index contributed by atoms with van der Waals surface area (Å²) in [6.07, 6.45) is 4.56. The summed E-state index contributed by atoms with van der Waals surface area (Å²) in [5, 5.41) is 0. The van der Waals surface area contributed by atoms with E-state index in [0.29, 0.717) is 12.2 Å². The Morgan fingerprint density at radius 3 is 2.93 bits per heavy atom. The lowest BCUT2D eigenvalue weighted by Crippen LogP contribution is -1.91. The second-order valence-electron chi connectivity index (χ2n) is 3.14. The average molecular weight is 273 g/mol. The SMILES string of the molecule is CCCOCC=Cc1ccc(Br)cc1F.